The molecule has 3 rings (SSSR count). The van der Waals surface area contributed by atoms with Crippen molar-refractivity contribution in [1.82, 2.24) is 9.97 Å². The lowest BCUT2D eigenvalue weighted by Gasteiger charge is -2.06. The molecule has 2 heterocycles. The van der Waals surface area contributed by atoms with E-state index in [1.165, 1.54) is 0 Å². The molecule has 17 heavy (non-hydrogen) atoms. The summed E-state index contributed by atoms with van der Waals surface area (Å²) in [4.78, 5) is 18.7. The average Bonchev–Trinajstić information content (AvgIpc) is 2.91. The van der Waals surface area contributed by atoms with E-state index in [1.807, 2.05) is 24.3 Å². The van der Waals surface area contributed by atoms with E-state index in [-0.39, 0.29) is 12.1 Å². The molecule has 1 aliphatic rings. The highest BCUT2D eigenvalue weighted by Crippen LogP contribution is 2.24. The maximum atomic E-state index is 11.0. The van der Waals surface area contributed by atoms with E-state index in [9.17, 15) is 4.79 Å². The fourth-order valence-corrected chi connectivity index (χ4v) is 2.79. The molecule has 1 aromatic carbocycles. The third kappa shape index (κ3) is 2.29. The number of ether oxygens (including phenoxy) is 1. The molecule has 88 valence electrons. The maximum Gasteiger partial charge on any atom is 0.306 e. The maximum absolute atomic E-state index is 11.0. The Morgan fingerprint density at radius 3 is 3.12 bits per heavy atom. The number of nitrogens with one attached hydrogen (secondary N) is 1. The van der Waals surface area contributed by atoms with Crippen LogP contribution < -0.4 is 0 Å². The minimum atomic E-state index is -0.0831. The number of aromatic nitrogens is 2. The van der Waals surface area contributed by atoms with Gasteiger partial charge in [-0.2, -0.15) is 0 Å². The van der Waals surface area contributed by atoms with E-state index in [0.717, 1.165) is 28.4 Å². The predicted molar refractivity (Wildman–Crippen MR) is 65.9 cm³/mol. The first-order valence-electron chi connectivity index (χ1n) is 5.58. The number of nitrogens with zero attached hydrogens (tertiary/aromatic N) is 1. The molecule has 1 fully saturated rings. The number of imidazole rings is 1. The summed E-state index contributed by atoms with van der Waals surface area (Å²) in [5, 5.41) is 0.883. The molecule has 0 spiro atoms. The van der Waals surface area contributed by atoms with Crippen molar-refractivity contribution in [1.29, 1.82) is 0 Å². The first kappa shape index (κ1) is 10.7. The largest absolute Gasteiger partial charge is 0.461 e. The van der Waals surface area contributed by atoms with Crippen LogP contribution in [-0.2, 0) is 9.53 Å². The number of thioether (sulfide) groups is 1. The number of esters is 1. The van der Waals surface area contributed by atoms with Crippen molar-refractivity contribution >= 4 is 28.8 Å². The number of carbonyl (C=O) groups is 1. The van der Waals surface area contributed by atoms with Gasteiger partial charge >= 0.3 is 5.97 Å². The van der Waals surface area contributed by atoms with Crippen LogP contribution in [0.2, 0.25) is 0 Å². The van der Waals surface area contributed by atoms with Crippen molar-refractivity contribution in [2.45, 2.75) is 24.1 Å². The lowest BCUT2D eigenvalue weighted by atomic mass is 10.3. The quantitative estimate of drug-likeness (QED) is 0.669. The number of hydrogen-bond donors (Lipinski definition) is 1. The summed E-state index contributed by atoms with van der Waals surface area (Å²) in [6.45, 7) is 0. The zero-order valence-corrected chi connectivity index (χ0v) is 10.00. The molecule has 4 nitrogen and oxygen atoms in total. The number of hydrogen-bond acceptors (Lipinski definition) is 4. The van der Waals surface area contributed by atoms with Gasteiger partial charge in [0, 0.05) is 12.2 Å². The fraction of sp³-hybridized carbons (Fsp3) is 0.333. The number of para-hydroxylation sites is 2. The van der Waals surface area contributed by atoms with Crippen molar-refractivity contribution in [2.24, 2.45) is 0 Å². The van der Waals surface area contributed by atoms with Crippen molar-refractivity contribution in [3.05, 3.63) is 24.3 Å². The number of fused-ring (bicyclic) bond motifs is 1. The molecule has 1 N–H and O–H groups in total. The van der Waals surface area contributed by atoms with E-state index in [0.29, 0.717) is 6.42 Å². The summed E-state index contributed by atoms with van der Waals surface area (Å²) in [6.07, 6.45) is 1.41. The number of rotatable bonds is 3. The van der Waals surface area contributed by atoms with Gasteiger partial charge in [-0.05, 0) is 18.6 Å². The first-order valence-corrected chi connectivity index (χ1v) is 6.57. The molecule has 0 aliphatic carbocycles. The van der Waals surface area contributed by atoms with Crippen LogP contribution in [0.3, 0.4) is 0 Å². The van der Waals surface area contributed by atoms with Crippen LogP contribution >= 0.6 is 11.8 Å². The number of cyclic esters (lactones) is 1. The van der Waals surface area contributed by atoms with Gasteiger partial charge in [0.25, 0.3) is 0 Å². The van der Waals surface area contributed by atoms with Crippen molar-refractivity contribution in [3.8, 4) is 0 Å². The SMILES string of the molecule is O=C1CCC(CSc2nc3ccccc3[nH]2)O1. The number of aromatic amines is 1. The van der Waals surface area contributed by atoms with Gasteiger partial charge in [-0.1, -0.05) is 23.9 Å². The molecular formula is C12H12N2O2S. The molecule has 0 radical (unpaired) electrons. The second kappa shape index (κ2) is 4.41. The Labute approximate surface area is 103 Å². The molecule has 5 heteroatoms. The van der Waals surface area contributed by atoms with E-state index in [2.05, 4.69) is 9.97 Å². The highest BCUT2D eigenvalue weighted by molar-refractivity contribution is 7.99. The van der Waals surface area contributed by atoms with Gasteiger partial charge in [0.1, 0.15) is 6.10 Å². The van der Waals surface area contributed by atoms with Gasteiger partial charge in [0.2, 0.25) is 0 Å². The Morgan fingerprint density at radius 1 is 1.47 bits per heavy atom. The molecule has 1 atom stereocenters. The Kier molecular flexibility index (Phi) is 2.76. The van der Waals surface area contributed by atoms with Crippen LogP contribution in [0.15, 0.2) is 29.4 Å². The fourth-order valence-electron chi connectivity index (χ4n) is 1.87. The Bertz CT molecular complexity index is 519. The third-order valence-corrected chi connectivity index (χ3v) is 3.75. The van der Waals surface area contributed by atoms with Crippen LogP contribution in [0.4, 0.5) is 0 Å². The first-order chi connectivity index (χ1) is 8.31. The van der Waals surface area contributed by atoms with E-state index in [4.69, 9.17) is 4.74 Å². The van der Waals surface area contributed by atoms with Crippen molar-refractivity contribution in [3.63, 3.8) is 0 Å². The summed E-state index contributed by atoms with van der Waals surface area (Å²) in [5.41, 5.74) is 2.01. The smallest absolute Gasteiger partial charge is 0.306 e. The highest BCUT2D eigenvalue weighted by Gasteiger charge is 2.23. The molecular weight excluding hydrogens is 236 g/mol. The molecule has 1 unspecified atom stereocenters. The normalized spacial score (nSPS) is 19.8. The molecule has 1 saturated heterocycles. The van der Waals surface area contributed by atoms with Gasteiger partial charge in [0.15, 0.2) is 5.16 Å². The molecule has 0 saturated carbocycles. The standard InChI is InChI=1S/C12H12N2O2S/c15-11-6-5-8(16-11)7-17-12-13-9-3-1-2-4-10(9)14-12/h1-4,8H,5-7H2,(H,13,14). The summed E-state index contributed by atoms with van der Waals surface area (Å²) in [6, 6.07) is 7.93. The number of carbonyl (C=O) groups excluding carboxylic acids is 1. The van der Waals surface area contributed by atoms with E-state index >= 15 is 0 Å². The monoisotopic (exact) mass is 248 g/mol. The van der Waals surface area contributed by atoms with Gasteiger partial charge in [-0.25, -0.2) is 4.98 Å². The Morgan fingerprint density at radius 2 is 2.35 bits per heavy atom. The topological polar surface area (TPSA) is 55.0 Å². The minimum absolute atomic E-state index is 0.0423. The summed E-state index contributed by atoms with van der Waals surface area (Å²) in [7, 11) is 0. The van der Waals surface area contributed by atoms with Gasteiger partial charge in [-0.15, -0.1) is 0 Å². The van der Waals surface area contributed by atoms with E-state index < -0.39 is 0 Å². The lowest BCUT2D eigenvalue weighted by molar-refractivity contribution is -0.140. The zero-order chi connectivity index (χ0) is 11.7. The Hall–Kier alpha value is -1.49. The third-order valence-electron chi connectivity index (χ3n) is 2.74. The zero-order valence-electron chi connectivity index (χ0n) is 9.18. The van der Waals surface area contributed by atoms with Crippen LogP contribution in [0.25, 0.3) is 11.0 Å². The molecule has 1 aromatic heterocycles. The average molecular weight is 248 g/mol. The van der Waals surface area contributed by atoms with Crippen LogP contribution in [0.1, 0.15) is 12.8 Å². The molecule has 0 amide bonds. The molecule has 1 aliphatic heterocycles. The summed E-state index contributed by atoms with van der Waals surface area (Å²) < 4.78 is 5.16. The minimum Gasteiger partial charge on any atom is -0.461 e. The van der Waals surface area contributed by atoms with Gasteiger partial charge < -0.3 is 9.72 Å². The van der Waals surface area contributed by atoms with Gasteiger partial charge in [0.05, 0.1) is 11.0 Å². The predicted octanol–water partition coefficient (Wildman–Crippen LogP) is 2.36. The number of H-pyrrole nitrogens is 1. The molecule has 0 bridgehead atoms. The van der Waals surface area contributed by atoms with Crippen LogP contribution in [0, 0.1) is 0 Å². The number of benzene rings is 1. The Balaban J connectivity index is 1.66. The van der Waals surface area contributed by atoms with Crippen molar-refractivity contribution < 1.29 is 9.53 Å². The highest BCUT2D eigenvalue weighted by atomic mass is 32.2. The van der Waals surface area contributed by atoms with Crippen LogP contribution in [-0.4, -0.2) is 27.8 Å². The lowest BCUT2D eigenvalue weighted by Crippen LogP contribution is -2.09. The van der Waals surface area contributed by atoms with E-state index in [1.54, 1.807) is 11.8 Å². The second-order valence-electron chi connectivity index (χ2n) is 4.02. The van der Waals surface area contributed by atoms with Crippen molar-refractivity contribution in [2.75, 3.05) is 5.75 Å². The second-order valence-corrected chi connectivity index (χ2v) is 5.03. The van der Waals surface area contributed by atoms with Crippen LogP contribution in [0.5, 0.6) is 0 Å². The van der Waals surface area contributed by atoms with Gasteiger partial charge in [-0.3, -0.25) is 4.79 Å². The molecule has 2 aromatic rings. The summed E-state index contributed by atoms with van der Waals surface area (Å²) in [5.74, 6) is 0.686. The summed E-state index contributed by atoms with van der Waals surface area (Å²) >= 11 is 1.60.